The first-order chi connectivity index (χ1) is 17.3. The fourth-order valence-electron chi connectivity index (χ4n) is 3.66. The number of unbranched alkanes of at least 4 members (excludes halogenated alkanes) is 1. The second kappa shape index (κ2) is 12.9. The minimum atomic E-state index is -1.33. The van der Waals surface area contributed by atoms with Crippen molar-refractivity contribution < 1.29 is 28.6 Å². The number of aromatic nitrogens is 1. The van der Waals surface area contributed by atoms with E-state index in [9.17, 15) is 14.7 Å². The topological polar surface area (TPSA) is 98.9 Å². The molecule has 7 heteroatoms. The summed E-state index contributed by atoms with van der Waals surface area (Å²) in [6.07, 6.45) is 6.20. The van der Waals surface area contributed by atoms with Crippen LogP contribution in [0, 0.1) is 5.92 Å². The molecule has 0 aliphatic heterocycles. The first-order valence-electron chi connectivity index (χ1n) is 12.6. The third kappa shape index (κ3) is 7.20. The summed E-state index contributed by atoms with van der Waals surface area (Å²) in [7, 11) is 0. The number of carboxylic acid groups (broad SMARTS) is 1. The van der Waals surface area contributed by atoms with Gasteiger partial charge in [0.15, 0.2) is 5.58 Å². The molecule has 3 rings (SSSR count). The number of fused-ring (bicyclic) bond motifs is 1. The Morgan fingerprint density at radius 2 is 1.83 bits per heavy atom. The highest BCUT2D eigenvalue weighted by Gasteiger charge is 2.21. The lowest BCUT2D eigenvalue weighted by atomic mass is 10.0. The van der Waals surface area contributed by atoms with Crippen LogP contribution in [0.4, 0.5) is 0 Å². The Bertz CT molecular complexity index is 1190. The molecule has 0 aliphatic carbocycles. The summed E-state index contributed by atoms with van der Waals surface area (Å²) in [4.78, 5) is 28.3. The largest absolute Gasteiger partial charge is 0.493 e. The summed E-state index contributed by atoms with van der Waals surface area (Å²) in [5.41, 5.74) is 2.22. The highest BCUT2D eigenvalue weighted by atomic mass is 16.5. The molecule has 2 atom stereocenters. The maximum absolute atomic E-state index is 12.2. The highest BCUT2D eigenvalue weighted by Crippen LogP contribution is 2.28. The van der Waals surface area contributed by atoms with Gasteiger partial charge in [0.2, 0.25) is 5.89 Å². The molecular weight excluding hydrogens is 458 g/mol. The SMILES string of the molecule is CCCCC(CC)COc1ccc2nc(-c3ccc(C=C(C(=O)O)C(=O)OC(C)CC)cc3)oc2c1. The average Bonchev–Trinajstić information content (AvgIpc) is 3.30. The number of nitrogens with zero attached hydrogens (tertiary/aromatic N) is 1. The van der Waals surface area contributed by atoms with Crippen LogP contribution in [0.25, 0.3) is 28.6 Å². The molecule has 0 fully saturated rings. The standard InChI is InChI=1S/C29H35NO6/c1-5-8-9-20(7-3)18-34-23-14-15-25-26(17-23)36-27(30-25)22-12-10-21(11-13-22)16-24(28(31)32)29(33)35-19(4)6-2/h10-17,19-20H,5-9,18H2,1-4H3,(H,31,32). The molecule has 192 valence electrons. The lowest BCUT2D eigenvalue weighted by molar-refractivity contribution is -0.147. The summed E-state index contributed by atoms with van der Waals surface area (Å²) in [6.45, 7) is 8.65. The number of esters is 1. The van der Waals surface area contributed by atoms with Crippen LogP contribution in [0.2, 0.25) is 0 Å². The van der Waals surface area contributed by atoms with Gasteiger partial charge in [0.25, 0.3) is 0 Å². The Balaban J connectivity index is 1.74. The summed E-state index contributed by atoms with van der Waals surface area (Å²) >= 11 is 0. The third-order valence-electron chi connectivity index (χ3n) is 6.19. The fourth-order valence-corrected chi connectivity index (χ4v) is 3.66. The lowest BCUT2D eigenvalue weighted by Gasteiger charge is -2.15. The summed E-state index contributed by atoms with van der Waals surface area (Å²) < 4.78 is 17.2. The van der Waals surface area contributed by atoms with E-state index in [1.54, 1.807) is 31.2 Å². The number of oxazole rings is 1. The maximum Gasteiger partial charge on any atom is 0.345 e. The van der Waals surface area contributed by atoms with E-state index in [1.165, 1.54) is 25.3 Å². The van der Waals surface area contributed by atoms with Gasteiger partial charge in [0.1, 0.15) is 16.8 Å². The maximum atomic E-state index is 12.2. The molecule has 0 bridgehead atoms. The van der Waals surface area contributed by atoms with Crippen LogP contribution in [0.3, 0.4) is 0 Å². The molecule has 1 aromatic heterocycles. The van der Waals surface area contributed by atoms with Crippen molar-refractivity contribution in [2.24, 2.45) is 5.92 Å². The number of ether oxygens (including phenoxy) is 2. The Labute approximate surface area is 212 Å². The van der Waals surface area contributed by atoms with Crippen molar-refractivity contribution in [2.75, 3.05) is 6.61 Å². The van der Waals surface area contributed by atoms with Gasteiger partial charge in [0, 0.05) is 11.6 Å². The van der Waals surface area contributed by atoms with Gasteiger partial charge >= 0.3 is 11.9 Å². The second-order valence-electron chi connectivity index (χ2n) is 8.99. The van der Waals surface area contributed by atoms with Crippen LogP contribution >= 0.6 is 0 Å². The van der Waals surface area contributed by atoms with Crippen molar-refractivity contribution in [1.82, 2.24) is 4.98 Å². The van der Waals surface area contributed by atoms with Crippen LogP contribution in [-0.2, 0) is 14.3 Å². The van der Waals surface area contributed by atoms with Crippen LogP contribution in [0.5, 0.6) is 5.75 Å². The number of aliphatic carboxylic acids is 1. The van der Waals surface area contributed by atoms with Gasteiger partial charge in [0.05, 0.1) is 12.7 Å². The minimum absolute atomic E-state index is 0.359. The van der Waals surface area contributed by atoms with E-state index >= 15 is 0 Å². The average molecular weight is 494 g/mol. The normalized spacial score (nSPS) is 13.4. The number of carbonyl (C=O) groups excluding carboxylic acids is 1. The van der Waals surface area contributed by atoms with Crippen molar-refractivity contribution in [3.8, 4) is 17.2 Å². The molecule has 0 spiro atoms. The molecule has 0 amide bonds. The Hall–Kier alpha value is -3.61. The number of carbonyl (C=O) groups is 2. The van der Waals surface area contributed by atoms with Crippen LogP contribution in [-0.4, -0.2) is 34.7 Å². The van der Waals surface area contributed by atoms with E-state index in [1.807, 2.05) is 25.1 Å². The third-order valence-corrected chi connectivity index (χ3v) is 6.19. The van der Waals surface area contributed by atoms with E-state index in [4.69, 9.17) is 13.9 Å². The Morgan fingerprint density at radius 1 is 1.08 bits per heavy atom. The van der Waals surface area contributed by atoms with Crippen molar-refractivity contribution in [1.29, 1.82) is 0 Å². The zero-order chi connectivity index (χ0) is 26.1. The molecule has 0 saturated carbocycles. The minimum Gasteiger partial charge on any atom is -0.493 e. The summed E-state index contributed by atoms with van der Waals surface area (Å²) in [5, 5.41) is 9.44. The van der Waals surface area contributed by atoms with E-state index in [-0.39, 0.29) is 6.10 Å². The van der Waals surface area contributed by atoms with Crippen LogP contribution < -0.4 is 4.74 Å². The number of carboxylic acids is 1. The molecule has 1 heterocycles. The molecule has 2 unspecified atom stereocenters. The van der Waals surface area contributed by atoms with Crippen molar-refractivity contribution in [3.63, 3.8) is 0 Å². The molecule has 3 aromatic rings. The summed E-state index contributed by atoms with van der Waals surface area (Å²) in [5.74, 6) is -0.446. The lowest BCUT2D eigenvalue weighted by Crippen LogP contribution is -2.20. The molecule has 7 nitrogen and oxygen atoms in total. The zero-order valence-corrected chi connectivity index (χ0v) is 21.5. The number of rotatable bonds is 13. The first kappa shape index (κ1) is 27.0. The predicted molar refractivity (Wildman–Crippen MR) is 140 cm³/mol. The molecule has 0 aliphatic rings. The van der Waals surface area contributed by atoms with Crippen molar-refractivity contribution >= 4 is 29.1 Å². The number of hydrogen-bond donors (Lipinski definition) is 1. The molecule has 2 aromatic carbocycles. The monoisotopic (exact) mass is 493 g/mol. The van der Waals surface area contributed by atoms with Gasteiger partial charge in [-0.15, -0.1) is 0 Å². The molecule has 36 heavy (non-hydrogen) atoms. The van der Waals surface area contributed by atoms with E-state index in [0.717, 1.165) is 23.3 Å². The molecule has 0 radical (unpaired) electrons. The van der Waals surface area contributed by atoms with Crippen molar-refractivity contribution in [2.45, 2.75) is 65.9 Å². The quantitative estimate of drug-likeness (QED) is 0.120. The van der Waals surface area contributed by atoms with E-state index in [2.05, 4.69) is 18.8 Å². The smallest absolute Gasteiger partial charge is 0.345 e. The highest BCUT2D eigenvalue weighted by molar-refractivity contribution is 6.17. The fraction of sp³-hybridized carbons (Fsp3) is 0.414. The van der Waals surface area contributed by atoms with Gasteiger partial charge in [-0.1, -0.05) is 52.2 Å². The van der Waals surface area contributed by atoms with E-state index < -0.39 is 17.5 Å². The van der Waals surface area contributed by atoms with Crippen LogP contribution in [0.1, 0.15) is 65.4 Å². The zero-order valence-electron chi connectivity index (χ0n) is 21.5. The number of hydrogen-bond acceptors (Lipinski definition) is 6. The predicted octanol–water partition coefficient (Wildman–Crippen LogP) is 6.90. The van der Waals surface area contributed by atoms with Crippen LogP contribution in [0.15, 0.2) is 52.5 Å². The van der Waals surface area contributed by atoms with Gasteiger partial charge < -0.3 is 19.0 Å². The Kier molecular flexibility index (Phi) is 9.68. The first-order valence-corrected chi connectivity index (χ1v) is 12.6. The molecular formula is C29H35NO6. The van der Waals surface area contributed by atoms with Gasteiger partial charge in [-0.2, -0.15) is 0 Å². The van der Waals surface area contributed by atoms with Gasteiger partial charge in [-0.25, -0.2) is 14.6 Å². The molecule has 1 N–H and O–H groups in total. The van der Waals surface area contributed by atoms with E-state index in [0.29, 0.717) is 36.0 Å². The molecule has 0 saturated heterocycles. The Morgan fingerprint density at radius 3 is 2.47 bits per heavy atom. The van der Waals surface area contributed by atoms with Gasteiger partial charge in [-0.05, 0) is 61.6 Å². The summed E-state index contributed by atoms with van der Waals surface area (Å²) in [6, 6.07) is 12.6. The second-order valence-corrected chi connectivity index (χ2v) is 8.99. The van der Waals surface area contributed by atoms with Crippen molar-refractivity contribution in [3.05, 3.63) is 53.6 Å². The van der Waals surface area contributed by atoms with Gasteiger partial charge in [-0.3, -0.25) is 0 Å². The number of benzene rings is 2.